The Bertz CT molecular complexity index is 783. The van der Waals surface area contributed by atoms with Gasteiger partial charge >= 0.3 is 0 Å². The number of H-pyrrole nitrogens is 1. The molecule has 2 aromatic rings. The van der Waals surface area contributed by atoms with E-state index in [4.69, 9.17) is 17.2 Å². The summed E-state index contributed by atoms with van der Waals surface area (Å²) in [6.45, 7) is 5.34. The van der Waals surface area contributed by atoms with E-state index in [2.05, 4.69) is 47.1 Å². The molecule has 2 unspecified atom stereocenters. The zero-order chi connectivity index (χ0) is 17.2. The fourth-order valence-corrected chi connectivity index (χ4v) is 4.65. The summed E-state index contributed by atoms with van der Waals surface area (Å²) in [5.74, 6) is 2.52. The third kappa shape index (κ3) is 3.85. The molecule has 132 valence electrons. The van der Waals surface area contributed by atoms with Crippen LogP contribution in [-0.4, -0.2) is 21.4 Å². The van der Waals surface area contributed by atoms with Crippen LogP contribution in [0.1, 0.15) is 61.2 Å². The van der Waals surface area contributed by atoms with Crippen molar-refractivity contribution < 1.29 is 0 Å². The Labute approximate surface area is 155 Å². The van der Waals surface area contributed by atoms with Crippen LogP contribution in [-0.2, 0) is 19.5 Å². The average molecular weight is 354 g/mol. The van der Waals surface area contributed by atoms with E-state index in [1.165, 1.54) is 42.5 Å². The molecule has 0 spiro atoms. The van der Waals surface area contributed by atoms with Crippen LogP contribution in [0.2, 0.25) is 0 Å². The standard InChI is InChI=1S/C21H27N3S/c1-15-6-5-9-17(12-15)20-22-19-10-11-24(14-18(19)21(25)23-20)13-16-7-3-2-4-8-16/h2-4,7-8,15,17H,5-6,9-14H2,1H3,(H,22,23,25). The maximum Gasteiger partial charge on any atom is 0.134 e. The maximum absolute atomic E-state index is 5.68. The van der Waals surface area contributed by atoms with E-state index in [0.717, 1.165) is 42.4 Å². The summed E-state index contributed by atoms with van der Waals surface area (Å²) < 4.78 is 0.819. The predicted octanol–water partition coefficient (Wildman–Crippen LogP) is 4.99. The number of nitrogens with zero attached hydrogens (tertiary/aromatic N) is 2. The molecule has 3 nitrogen and oxygen atoms in total. The number of benzene rings is 1. The number of hydrogen-bond acceptors (Lipinski definition) is 3. The van der Waals surface area contributed by atoms with Gasteiger partial charge in [-0.15, -0.1) is 0 Å². The van der Waals surface area contributed by atoms with Gasteiger partial charge in [0.15, 0.2) is 0 Å². The van der Waals surface area contributed by atoms with E-state index >= 15 is 0 Å². The highest BCUT2D eigenvalue weighted by Gasteiger charge is 2.25. The summed E-state index contributed by atoms with van der Waals surface area (Å²) in [6.07, 6.45) is 6.22. The van der Waals surface area contributed by atoms with Gasteiger partial charge in [-0.25, -0.2) is 4.98 Å². The van der Waals surface area contributed by atoms with Gasteiger partial charge < -0.3 is 4.98 Å². The van der Waals surface area contributed by atoms with Crippen LogP contribution in [0.15, 0.2) is 30.3 Å². The molecule has 1 aromatic heterocycles. The van der Waals surface area contributed by atoms with Gasteiger partial charge in [0.1, 0.15) is 10.5 Å². The minimum atomic E-state index is 0.568. The van der Waals surface area contributed by atoms with Gasteiger partial charge in [0.05, 0.1) is 0 Å². The molecule has 2 aliphatic rings. The molecule has 1 aromatic carbocycles. The van der Waals surface area contributed by atoms with Gasteiger partial charge in [0.25, 0.3) is 0 Å². The quantitative estimate of drug-likeness (QED) is 0.789. The third-order valence-electron chi connectivity index (χ3n) is 5.76. The van der Waals surface area contributed by atoms with Crippen LogP contribution in [0.3, 0.4) is 0 Å². The second kappa shape index (κ2) is 7.38. The number of aromatic amines is 1. The van der Waals surface area contributed by atoms with Gasteiger partial charge in [-0.2, -0.15) is 0 Å². The molecule has 25 heavy (non-hydrogen) atoms. The van der Waals surface area contributed by atoms with Crippen LogP contribution >= 0.6 is 12.2 Å². The molecule has 4 heteroatoms. The first-order valence-electron chi connectivity index (χ1n) is 9.57. The molecule has 1 saturated carbocycles. The van der Waals surface area contributed by atoms with Crippen molar-refractivity contribution in [3.05, 3.63) is 57.6 Å². The van der Waals surface area contributed by atoms with Gasteiger partial charge in [-0.05, 0) is 24.3 Å². The molecule has 0 radical (unpaired) electrons. The van der Waals surface area contributed by atoms with Crippen LogP contribution in [0.5, 0.6) is 0 Å². The monoisotopic (exact) mass is 353 g/mol. The largest absolute Gasteiger partial charge is 0.347 e. The summed E-state index contributed by atoms with van der Waals surface area (Å²) >= 11 is 5.68. The smallest absolute Gasteiger partial charge is 0.134 e. The van der Waals surface area contributed by atoms with E-state index in [9.17, 15) is 0 Å². The van der Waals surface area contributed by atoms with Crippen molar-refractivity contribution in [2.45, 2.75) is 58.0 Å². The van der Waals surface area contributed by atoms with Crippen molar-refractivity contribution in [1.29, 1.82) is 0 Å². The molecular formula is C21H27N3S. The van der Waals surface area contributed by atoms with Gasteiger partial charge in [0, 0.05) is 43.2 Å². The van der Waals surface area contributed by atoms with Gasteiger partial charge in [-0.1, -0.05) is 62.3 Å². The molecule has 4 rings (SSSR count). The SMILES string of the molecule is CC1CCCC(c2nc(=S)c3c([nH]2)CCN(Cc2ccccc2)C3)C1. The van der Waals surface area contributed by atoms with E-state index in [1.807, 2.05) is 0 Å². The Morgan fingerprint density at radius 3 is 2.88 bits per heavy atom. The van der Waals surface area contributed by atoms with Crippen molar-refractivity contribution in [2.75, 3.05) is 6.54 Å². The van der Waals surface area contributed by atoms with Gasteiger partial charge in [0.2, 0.25) is 0 Å². The Morgan fingerprint density at radius 2 is 2.08 bits per heavy atom. The molecule has 1 N–H and O–H groups in total. The number of nitrogens with one attached hydrogen (secondary N) is 1. The van der Waals surface area contributed by atoms with Crippen molar-refractivity contribution >= 4 is 12.2 Å². The van der Waals surface area contributed by atoms with Crippen LogP contribution in [0, 0.1) is 10.6 Å². The summed E-state index contributed by atoms with van der Waals surface area (Å²) in [5, 5.41) is 0. The van der Waals surface area contributed by atoms with E-state index in [-0.39, 0.29) is 0 Å². The molecular weight excluding hydrogens is 326 g/mol. The van der Waals surface area contributed by atoms with Crippen LogP contribution < -0.4 is 0 Å². The summed E-state index contributed by atoms with van der Waals surface area (Å²) in [5.41, 5.74) is 3.93. The highest BCUT2D eigenvalue weighted by Crippen LogP contribution is 2.35. The summed E-state index contributed by atoms with van der Waals surface area (Å²) in [6, 6.07) is 10.7. The minimum Gasteiger partial charge on any atom is -0.347 e. The van der Waals surface area contributed by atoms with Crippen molar-refractivity contribution in [3.63, 3.8) is 0 Å². The first-order valence-corrected chi connectivity index (χ1v) is 9.98. The lowest BCUT2D eigenvalue weighted by molar-refractivity contribution is 0.241. The summed E-state index contributed by atoms with van der Waals surface area (Å²) in [7, 11) is 0. The third-order valence-corrected chi connectivity index (χ3v) is 6.09. The zero-order valence-electron chi connectivity index (χ0n) is 15.0. The average Bonchev–Trinajstić information content (AvgIpc) is 2.63. The van der Waals surface area contributed by atoms with Crippen LogP contribution in [0.4, 0.5) is 0 Å². The van der Waals surface area contributed by atoms with Crippen LogP contribution in [0.25, 0.3) is 0 Å². The normalized spacial score (nSPS) is 24.0. The Balaban J connectivity index is 1.52. The molecule has 2 heterocycles. The number of hydrogen-bond donors (Lipinski definition) is 1. The van der Waals surface area contributed by atoms with Gasteiger partial charge in [-0.3, -0.25) is 4.90 Å². The van der Waals surface area contributed by atoms with E-state index in [1.54, 1.807) is 0 Å². The number of aromatic nitrogens is 2. The topological polar surface area (TPSA) is 31.9 Å². The van der Waals surface area contributed by atoms with Crippen molar-refractivity contribution in [3.8, 4) is 0 Å². The Kier molecular flexibility index (Phi) is 5.00. The van der Waals surface area contributed by atoms with Crippen molar-refractivity contribution in [2.24, 2.45) is 5.92 Å². The Morgan fingerprint density at radius 1 is 1.24 bits per heavy atom. The second-order valence-electron chi connectivity index (χ2n) is 7.80. The first-order chi connectivity index (χ1) is 12.2. The molecule has 1 aliphatic heterocycles. The lowest BCUT2D eigenvalue weighted by atomic mass is 9.82. The number of rotatable bonds is 3. The lowest BCUT2D eigenvalue weighted by Crippen LogP contribution is -2.31. The summed E-state index contributed by atoms with van der Waals surface area (Å²) in [4.78, 5) is 11.0. The fraction of sp³-hybridized carbons (Fsp3) is 0.524. The van der Waals surface area contributed by atoms with Crippen molar-refractivity contribution in [1.82, 2.24) is 14.9 Å². The highest BCUT2D eigenvalue weighted by atomic mass is 32.1. The maximum atomic E-state index is 5.68. The first kappa shape index (κ1) is 16.9. The lowest BCUT2D eigenvalue weighted by Gasteiger charge is -2.30. The highest BCUT2D eigenvalue weighted by molar-refractivity contribution is 7.71. The fourth-order valence-electron chi connectivity index (χ4n) is 4.37. The molecule has 1 fully saturated rings. The molecule has 1 aliphatic carbocycles. The molecule has 0 amide bonds. The minimum absolute atomic E-state index is 0.568. The predicted molar refractivity (Wildman–Crippen MR) is 104 cm³/mol. The molecule has 2 atom stereocenters. The molecule has 0 bridgehead atoms. The van der Waals surface area contributed by atoms with E-state index < -0.39 is 0 Å². The number of fused-ring (bicyclic) bond motifs is 1. The Hall–Kier alpha value is -1.52. The zero-order valence-corrected chi connectivity index (χ0v) is 15.8. The second-order valence-corrected chi connectivity index (χ2v) is 8.19. The van der Waals surface area contributed by atoms with E-state index in [0.29, 0.717) is 5.92 Å². The molecule has 0 saturated heterocycles.